The van der Waals surface area contributed by atoms with E-state index in [0.29, 0.717) is 16.7 Å². The number of nitrogens with zero attached hydrogens (tertiary/aromatic N) is 2. The van der Waals surface area contributed by atoms with Gasteiger partial charge in [-0.15, -0.1) is 0 Å². The lowest BCUT2D eigenvalue weighted by Gasteiger charge is -2.40. The van der Waals surface area contributed by atoms with Gasteiger partial charge in [0.15, 0.2) is 5.78 Å². The van der Waals surface area contributed by atoms with E-state index in [1.165, 1.54) is 12.1 Å². The summed E-state index contributed by atoms with van der Waals surface area (Å²) in [6, 6.07) is 5.98. The summed E-state index contributed by atoms with van der Waals surface area (Å²) >= 11 is 0. The molecule has 2 amide bonds. The molecule has 0 radical (unpaired) electrons. The molecule has 1 aromatic heterocycles. The van der Waals surface area contributed by atoms with Crippen LogP contribution >= 0.6 is 0 Å². The maximum atomic E-state index is 13.3. The van der Waals surface area contributed by atoms with Gasteiger partial charge in [-0.05, 0) is 75.3 Å². The van der Waals surface area contributed by atoms with Crippen LogP contribution in [0.4, 0.5) is 20.3 Å². The summed E-state index contributed by atoms with van der Waals surface area (Å²) in [5.41, 5.74) is 7.21. The largest absolute Gasteiger partial charge is 0.376 e. The molecular weight excluding hydrogens is 492 g/mol. The third kappa shape index (κ3) is 5.21. The fourth-order valence-corrected chi connectivity index (χ4v) is 5.81. The van der Waals surface area contributed by atoms with E-state index in [9.17, 15) is 23.2 Å². The molecule has 0 unspecified atom stereocenters. The Balaban J connectivity index is 1.27. The number of carbonyl (C=O) groups is 3. The second-order valence-corrected chi connectivity index (χ2v) is 10.7. The van der Waals surface area contributed by atoms with Gasteiger partial charge in [0, 0.05) is 47.1 Å². The number of aryl methyl sites for hydroxylation is 1. The molecule has 3 aliphatic rings. The Bertz CT molecular complexity index is 1220. The van der Waals surface area contributed by atoms with Crippen molar-refractivity contribution in [1.82, 2.24) is 10.3 Å². The summed E-state index contributed by atoms with van der Waals surface area (Å²) in [5.74, 6) is 0.142. The molecule has 2 saturated heterocycles. The first-order valence-corrected chi connectivity index (χ1v) is 13.2. The van der Waals surface area contributed by atoms with Crippen LogP contribution < -0.4 is 21.3 Å². The van der Waals surface area contributed by atoms with Gasteiger partial charge in [0.2, 0.25) is 0 Å². The van der Waals surface area contributed by atoms with Crippen molar-refractivity contribution in [2.24, 2.45) is 11.7 Å². The lowest BCUT2D eigenvalue weighted by Crippen LogP contribution is -2.50. The molecule has 5 rings (SSSR count). The number of hydrogen-bond donors (Lipinski definition) is 3. The predicted octanol–water partition coefficient (Wildman–Crippen LogP) is 3.73. The van der Waals surface area contributed by atoms with Gasteiger partial charge in [-0.2, -0.15) is 0 Å². The number of carbonyl (C=O) groups excluding carboxylic acids is 3. The van der Waals surface area contributed by atoms with E-state index in [4.69, 9.17) is 5.73 Å². The number of amides is 2. The maximum Gasteiger partial charge on any atom is 0.251 e. The number of aromatic nitrogens is 1. The number of Topliss-reactive ketones (excluding diaryl/α,β-unsaturated/α-hetero) is 1. The smallest absolute Gasteiger partial charge is 0.251 e. The van der Waals surface area contributed by atoms with Crippen LogP contribution in [-0.2, 0) is 0 Å². The number of primary amides is 1. The number of piperidine rings is 1. The third-order valence-corrected chi connectivity index (χ3v) is 7.92. The van der Waals surface area contributed by atoms with E-state index >= 15 is 0 Å². The number of alkyl halides is 2. The van der Waals surface area contributed by atoms with Crippen LogP contribution in [0.1, 0.15) is 75.2 Å². The fraction of sp³-hybridized carbons (Fsp3) is 0.500. The highest BCUT2D eigenvalue weighted by atomic mass is 19.1. The SMILES string of the molecule is Cc1cc(C(N)=O)c(NC(CF)CF)cc1C(=O)N[C@H]1C[C@H]2CC[C@@H](C1)N2c1ccc(C(=O)C2CC2)cn1. The highest BCUT2D eigenvalue weighted by Gasteiger charge is 2.42. The Hall–Kier alpha value is -3.56. The minimum absolute atomic E-state index is 0.0528. The summed E-state index contributed by atoms with van der Waals surface area (Å²) in [6.45, 7) is -0.248. The standard InChI is InChI=1S/C28H33F2N5O3/c1-15-8-23(27(31)37)24(33-19(12-29)13-30)11-22(15)28(38)34-18-9-20-5-6-21(10-18)35(20)25-7-4-17(14-32-25)26(36)16-2-3-16/h4,7-8,11,14,16,18-21,33H,2-3,5-6,9-10,12-13H2,1H3,(H2,31,37)(H,34,38)/t18-,20+,21-. The Labute approximate surface area is 220 Å². The second kappa shape index (κ2) is 10.7. The number of rotatable bonds is 10. The van der Waals surface area contributed by atoms with E-state index in [-0.39, 0.29) is 47.0 Å². The Morgan fingerprint density at radius 2 is 1.74 bits per heavy atom. The molecule has 3 atom stereocenters. The molecule has 8 nitrogen and oxygen atoms in total. The van der Waals surface area contributed by atoms with Gasteiger partial charge < -0.3 is 21.3 Å². The van der Waals surface area contributed by atoms with E-state index in [2.05, 4.69) is 20.5 Å². The van der Waals surface area contributed by atoms with E-state index in [1.807, 2.05) is 12.1 Å². The number of anilines is 2. The number of fused-ring (bicyclic) bond motifs is 2. The molecule has 2 aliphatic heterocycles. The van der Waals surface area contributed by atoms with E-state index < -0.39 is 25.3 Å². The van der Waals surface area contributed by atoms with Crippen LogP contribution in [0, 0.1) is 12.8 Å². The molecule has 1 saturated carbocycles. The van der Waals surface area contributed by atoms with Gasteiger partial charge in [-0.25, -0.2) is 13.8 Å². The van der Waals surface area contributed by atoms with Gasteiger partial charge in [-0.3, -0.25) is 14.4 Å². The van der Waals surface area contributed by atoms with Gasteiger partial charge in [0.25, 0.3) is 11.8 Å². The molecule has 2 aromatic rings. The molecule has 38 heavy (non-hydrogen) atoms. The zero-order valence-corrected chi connectivity index (χ0v) is 21.4. The van der Waals surface area contributed by atoms with E-state index in [0.717, 1.165) is 44.3 Å². The highest BCUT2D eigenvalue weighted by Crippen LogP contribution is 2.39. The van der Waals surface area contributed by atoms with Gasteiger partial charge >= 0.3 is 0 Å². The molecule has 3 heterocycles. The van der Waals surface area contributed by atoms with Crippen LogP contribution in [0.2, 0.25) is 0 Å². The second-order valence-electron chi connectivity index (χ2n) is 10.7. The minimum atomic E-state index is -1.14. The predicted molar refractivity (Wildman–Crippen MR) is 140 cm³/mol. The molecule has 3 fully saturated rings. The van der Waals surface area contributed by atoms with Crippen molar-refractivity contribution in [2.75, 3.05) is 23.6 Å². The molecule has 10 heteroatoms. The number of benzene rings is 1. The average Bonchev–Trinajstić information content (AvgIpc) is 3.72. The molecule has 202 valence electrons. The normalized spacial score (nSPS) is 22.4. The monoisotopic (exact) mass is 525 g/mol. The summed E-state index contributed by atoms with van der Waals surface area (Å²) in [6.07, 6.45) is 7.11. The summed E-state index contributed by atoms with van der Waals surface area (Å²) in [7, 11) is 0. The lowest BCUT2D eigenvalue weighted by molar-refractivity contribution is 0.0923. The Morgan fingerprint density at radius 1 is 1.05 bits per heavy atom. The maximum absolute atomic E-state index is 13.3. The number of halogens is 2. The number of pyridine rings is 1. The van der Waals surface area contributed by atoms with E-state index in [1.54, 1.807) is 13.1 Å². The van der Waals surface area contributed by atoms with Crippen molar-refractivity contribution in [3.8, 4) is 0 Å². The molecule has 4 N–H and O–H groups in total. The number of nitrogens with one attached hydrogen (secondary N) is 2. The highest BCUT2D eigenvalue weighted by molar-refractivity contribution is 6.03. The molecular formula is C28H33F2N5O3. The number of nitrogens with two attached hydrogens (primary N) is 1. The van der Waals surface area contributed by atoms with Crippen molar-refractivity contribution in [3.63, 3.8) is 0 Å². The zero-order chi connectivity index (χ0) is 27.0. The summed E-state index contributed by atoms with van der Waals surface area (Å²) < 4.78 is 26.3. The van der Waals surface area contributed by atoms with Crippen LogP contribution in [-0.4, -0.2) is 60.1 Å². The van der Waals surface area contributed by atoms with Crippen LogP contribution in [0.15, 0.2) is 30.5 Å². The summed E-state index contributed by atoms with van der Waals surface area (Å²) in [5, 5.41) is 5.78. The first-order valence-electron chi connectivity index (χ1n) is 13.2. The number of hydrogen-bond acceptors (Lipinski definition) is 6. The zero-order valence-electron chi connectivity index (χ0n) is 21.4. The lowest BCUT2D eigenvalue weighted by atomic mass is 9.95. The minimum Gasteiger partial charge on any atom is -0.376 e. The van der Waals surface area contributed by atoms with Crippen LogP contribution in [0.25, 0.3) is 0 Å². The molecule has 2 bridgehead atoms. The van der Waals surface area contributed by atoms with Crippen molar-refractivity contribution in [2.45, 2.75) is 69.6 Å². The fourth-order valence-electron chi connectivity index (χ4n) is 5.81. The van der Waals surface area contributed by atoms with Crippen LogP contribution in [0.3, 0.4) is 0 Å². The molecule has 0 spiro atoms. The van der Waals surface area contributed by atoms with Gasteiger partial charge in [0.05, 0.1) is 11.6 Å². The topological polar surface area (TPSA) is 117 Å². The molecule has 1 aromatic carbocycles. The number of ketones is 1. The average molecular weight is 526 g/mol. The van der Waals surface area contributed by atoms with Crippen molar-refractivity contribution in [3.05, 3.63) is 52.7 Å². The van der Waals surface area contributed by atoms with Crippen LogP contribution in [0.5, 0.6) is 0 Å². The van der Waals surface area contributed by atoms with Gasteiger partial charge in [0.1, 0.15) is 19.2 Å². The van der Waals surface area contributed by atoms with Crippen molar-refractivity contribution in [1.29, 1.82) is 0 Å². The first-order chi connectivity index (χ1) is 18.3. The molecule has 1 aliphatic carbocycles. The summed E-state index contributed by atoms with van der Waals surface area (Å²) in [4.78, 5) is 44.4. The quantitative estimate of drug-likeness (QED) is 0.407. The first kappa shape index (κ1) is 26.1. The van der Waals surface area contributed by atoms with Crippen molar-refractivity contribution >= 4 is 29.1 Å². The third-order valence-electron chi connectivity index (χ3n) is 7.92. The Kier molecular flexibility index (Phi) is 7.32. The Morgan fingerprint density at radius 3 is 2.29 bits per heavy atom. The van der Waals surface area contributed by atoms with Gasteiger partial charge in [-0.1, -0.05) is 0 Å². The van der Waals surface area contributed by atoms with Crippen molar-refractivity contribution < 1.29 is 23.2 Å².